The Kier molecular flexibility index (Phi) is 3.80. The fourth-order valence-corrected chi connectivity index (χ4v) is 2.01. The molecule has 19 heavy (non-hydrogen) atoms. The third kappa shape index (κ3) is 2.90. The standard InChI is InChI=1S/C13H16N2O4/c1-8-7-19-9(2)6-15(8)12(16)10-4-3-5-11(14-10)13(17)18/h3-5,8-9H,6-7H2,1-2H3,(H,17,18). The minimum atomic E-state index is -1.14. The van der Waals surface area contributed by atoms with Crippen LogP contribution in [0.15, 0.2) is 18.2 Å². The van der Waals surface area contributed by atoms with Crippen molar-refractivity contribution in [3.05, 3.63) is 29.6 Å². The first-order chi connectivity index (χ1) is 8.99. The molecule has 1 aliphatic heterocycles. The van der Waals surface area contributed by atoms with E-state index in [1.165, 1.54) is 18.2 Å². The quantitative estimate of drug-likeness (QED) is 0.863. The Hall–Kier alpha value is -1.95. The molecule has 2 atom stereocenters. The van der Waals surface area contributed by atoms with Gasteiger partial charge in [-0.1, -0.05) is 6.07 Å². The molecule has 1 N–H and O–H groups in total. The van der Waals surface area contributed by atoms with E-state index in [0.29, 0.717) is 13.2 Å². The highest BCUT2D eigenvalue weighted by Gasteiger charge is 2.29. The van der Waals surface area contributed by atoms with E-state index in [0.717, 1.165) is 0 Å². The molecule has 6 heteroatoms. The normalized spacial score (nSPS) is 23.2. The van der Waals surface area contributed by atoms with Crippen LogP contribution in [0.5, 0.6) is 0 Å². The maximum Gasteiger partial charge on any atom is 0.354 e. The minimum Gasteiger partial charge on any atom is -0.477 e. The van der Waals surface area contributed by atoms with Crippen LogP contribution in [0.2, 0.25) is 0 Å². The van der Waals surface area contributed by atoms with Crippen molar-refractivity contribution in [1.29, 1.82) is 0 Å². The highest BCUT2D eigenvalue weighted by molar-refractivity contribution is 5.94. The first-order valence-electron chi connectivity index (χ1n) is 6.12. The Labute approximate surface area is 111 Å². The Morgan fingerprint density at radius 1 is 1.37 bits per heavy atom. The molecule has 0 aliphatic carbocycles. The SMILES string of the molecule is CC1CN(C(=O)c2cccc(C(=O)O)n2)C(C)CO1. The zero-order valence-electron chi connectivity index (χ0n) is 10.9. The van der Waals surface area contributed by atoms with E-state index in [-0.39, 0.29) is 29.4 Å². The topological polar surface area (TPSA) is 79.7 Å². The van der Waals surface area contributed by atoms with Crippen LogP contribution in [0.3, 0.4) is 0 Å². The largest absolute Gasteiger partial charge is 0.477 e. The number of carboxylic acids is 1. The van der Waals surface area contributed by atoms with Gasteiger partial charge < -0.3 is 14.7 Å². The van der Waals surface area contributed by atoms with E-state index < -0.39 is 5.97 Å². The molecule has 1 aliphatic rings. The maximum atomic E-state index is 12.3. The molecule has 6 nitrogen and oxygen atoms in total. The molecule has 1 amide bonds. The van der Waals surface area contributed by atoms with Crippen molar-refractivity contribution in [3.63, 3.8) is 0 Å². The molecular formula is C13H16N2O4. The van der Waals surface area contributed by atoms with Gasteiger partial charge in [-0.05, 0) is 26.0 Å². The van der Waals surface area contributed by atoms with Crippen LogP contribution in [0.1, 0.15) is 34.8 Å². The predicted octanol–water partition coefficient (Wildman–Crippen LogP) is 1.03. The fraction of sp³-hybridized carbons (Fsp3) is 0.462. The summed E-state index contributed by atoms with van der Waals surface area (Å²) in [6.07, 6.45) is -0.0252. The molecule has 1 aromatic heterocycles. The molecular weight excluding hydrogens is 248 g/mol. The van der Waals surface area contributed by atoms with Crippen molar-refractivity contribution in [2.24, 2.45) is 0 Å². The number of aromatic nitrogens is 1. The summed E-state index contributed by atoms with van der Waals surface area (Å²) in [4.78, 5) is 28.8. The van der Waals surface area contributed by atoms with Gasteiger partial charge in [0, 0.05) is 6.54 Å². The molecule has 1 saturated heterocycles. The average Bonchev–Trinajstić information content (AvgIpc) is 2.41. The number of hydrogen-bond donors (Lipinski definition) is 1. The first-order valence-corrected chi connectivity index (χ1v) is 6.12. The summed E-state index contributed by atoms with van der Waals surface area (Å²) in [7, 11) is 0. The Morgan fingerprint density at radius 2 is 2.05 bits per heavy atom. The number of amides is 1. The number of morpholine rings is 1. The van der Waals surface area contributed by atoms with Crippen LogP contribution in [0.4, 0.5) is 0 Å². The summed E-state index contributed by atoms with van der Waals surface area (Å²) in [6, 6.07) is 4.38. The van der Waals surface area contributed by atoms with Gasteiger partial charge in [-0.3, -0.25) is 4.79 Å². The number of aromatic carboxylic acids is 1. The van der Waals surface area contributed by atoms with E-state index in [1.807, 2.05) is 13.8 Å². The molecule has 0 radical (unpaired) electrons. The number of pyridine rings is 1. The summed E-state index contributed by atoms with van der Waals surface area (Å²) in [6.45, 7) is 4.75. The average molecular weight is 264 g/mol. The minimum absolute atomic E-state index is 0.0252. The van der Waals surface area contributed by atoms with Gasteiger partial charge in [-0.25, -0.2) is 9.78 Å². The third-order valence-corrected chi connectivity index (χ3v) is 3.06. The monoisotopic (exact) mass is 264 g/mol. The van der Waals surface area contributed by atoms with Gasteiger partial charge >= 0.3 is 5.97 Å². The summed E-state index contributed by atoms with van der Waals surface area (Å²) in [5, 5.41) is 8.89. The van der Waals surface area contributed by atoms with E-state index >= 15 is 0 Å². The Balaban J connectivity index is 2.23. The van der Waals surface area contributed by atoms with Gasteiger partial charge in [0.2, 0.25) is 0 Å². The number of ether oxygens (including phenoxy) is 1. The number of carbonyl (C=O) groups is 2. The van der Waals surface area contributed by atoms with Crippen molar-refractivity contribution in [1.82, 2.24) is 9.88 Å². The molecule has 0 saturated carbocycles. The molecule has 2 heterocycles. The van der Waals surface area contributed by atoms with E-state index in [2.05, 4.69) is 4.98 Å². The predicted molar refractivity (Wildman–Crippen MR) is 67.1 cm³/mol. The van der Waals surface area contributed by atoms with Crippen molar-refractivity contribution < 1.29 is 19.4 Å². The lowest BCUT2D eigenvalue weighted by Crippen LogP contribution is -2.50. The molecule has 1 aromatic rings. The summed E-state index contributed by atoms with van der Waals surface area (Å²) in [5.41, 5.74) is 0.0284. The van der Waals surface area contributed by atoms with Gasteiger partial charge in [0.15, 0.2) is 0 Å². The van der Waals surface area contributed by atoms with Crippen LogP contribution in [-0.2, 0) is 4.74 Å². The van der Waals surface area contributed by atoms with Crippen molar-refractivity contribution >= 4 is 11.9 Å². The molecule has 2 unspecified atom stereocenters. The van der Waals surface area contributed by atoms with Crippen LogP contribution in [-0.4, -0.2) is 52.2 Å². The van der Waals surface area contributed by atoms with Gasteiger partial charge in [0.25, 0.3) is 5.91 Å². The maximum absolute atomic E-state index is 12.3. The lowest BCUT2D eigenvalue weighted by Gasteiger charge is -2.36. The lowest BCUT2D eigenvalue weighted by atomic mass is 10.2. The first kappa shape index (κ1) is 13.5. The highest BCUT2D eigenvalue weighted by Crippen LogP contribution is 2.14. The Morgan fingerprint density at radius 3 is 2.74 bits per heavy atom. The molecule has 0 aromatic carbocycles. The lowest BCUT2D eigenvalue weighted by molar-refractivity contribution is -0.0389. The molecule has 0 spiro atoms. The third-order valence-electron chi connectivity index (χ3n) is 3.06. The van der Waals surface area contributed by atoms with Gasteiger partial charge in [-0.2, -0.15) is 0 Å². The highest BCUT2D eigenvalue weighted by atomic mass is 16.5. The van der Waals surface area contributed by atoms with Gasteiger partial charge in [-0.15, -0.1) is 0 Å². The van der Waals surface area contributed by atoms with Crippen molar-refractivity contribution in [2.45, 2.75) is 26.0 Å². The molecule has 2 rings (SSSR count). The second-order valence-corrected chi connectivity index (χ2v) is 4.66. The van der Waals surface area contributed by atoms with Gasteiger partial charge in [0.05, 0.1) is 18.8 Å². The molecule has 1 fully saturated rings. The number of hydrogen-bond acceptors (Lipinski definition) is 4. The zero-order valence-corrected chi connectivity index (χ0v) is 10.9. The Bertz CT molecular complexity index is 503. The molecule has 102 valence electrons. The number of nitrogens with zero attached hydrogens (tertiary/aromatic N) is 2. The second kappa shape index (κ2) is 5.36. The number of carbonyl (C=O) groups excluding carboxylic acids is 1. The summed E-state index contributed by atoms with van der Waals surface area (Å²) < 4.78 is 5.46. The van der Waals surface area contributed by atoms with E-state index in [4.69, 9.17) is 9.84 Å². The number of carboxylic acid groups (broad SMARTS) is 1. The van der Waals surface area contributed by atoms with Crippen molar-refractivity contribution in [3.8, 4) is 0 Å². The fourth-order valence-electron chi connectivity index (χ4n) is 2.01. The second-order valence-electron chi connectivity index (χ2n) is 4.66. The molecule has 0 bridgehead atoms. The van der Waals surface area contributed by atoms with Gasteiger partial charge in [0.1, 0.15) is 11.4 Å². The van der Waals surface area contributed by atoms with Crippen molar-refractivity contribution in [2.75, 3.05) is 13.2 Å². The van der Waals surface area contributed by atoms with Crippen LogP contribution in [0.25, 0.3) is 0 Å². The van der Waals surface area contributed by atoms with Crippen LogP contribution in [0, 0.1) is 0 Å². The van der Waals surface area contributed by atoms with Crippen LogP contribution >= 0.6 is 0 Å². The van der Waals surface area contributed by atoms with Crippen LogP contribution < -0.4 is 0 Å². The van der Waals surface area contributed by atoms with E-state index in [1.54, 1.807) is 4.90 Å². The summed E-state index contributed by atoms with van der Waals surface area (Å²) >= 11 is 0. The summed E-state index contributed by atoms with van der Waals surface area (Å²) in [5.74, 6) is -1.40. The smallest absolute Gasteiger partial charge is 0.354 e. The number of rotatable bonds is 2. The van der Waals surface area contributed by atoms with E-state index in [9.17, 15) is 9.59 Å². The zero-order chi connectivity index (χ0) is 14.0.